The van der Waals surface area contributed by atoms with Crippen LogP contribution in [0.5, 0.6) is 0 Å². The molecule has 2 fully saturated rings. The molecule has 3 aromatic rings. The fourth-order valence-electron chi connectivity index (χ4n) is 5.57. The average molecular weight is 580 g/mol. The van der Waals surface area contributed by atoms with Crippen molar-refractivity contribution in [3.63, 3.8) is 0 Å². The number of nitrogens with zero attached hydrogens (tertiary/aromatic N) is 3. The van der Waals surface area contributed by atoms with Gasteiger partial charge in [-0.3, -0.25) is 24.2 Å². The fraction of sp³-hybridized carbons (Fsp3) is 0.324. The van der Waals surface area contributed by atoms with E-state index in [1.54, 1.807) is 28.1 Å². The van der Waals surface area contributed by atoms with Gasteiger partial charge in [-0.25, -0.2) is 0 Å². The Morgan fingerprint density at radius 3 is 1.77 bits per heavy atom. The molecule has 9 heteroatoms. The Morgan fingerprint density at radius 1 is 0.767 bits per heavy atom. The number of carbonyl (C=O) groups excluding carboxylic acids is 4. The van der Waals surface area contributed by atoms with E-state index in [1.807, 2.05) is 74.5 Å². The average Bonchev–Trinajstić information content (AvgIpc) is 3.72. The van der Waals surface area contributed by atoms with Crippen LogP contribution in [0.2, 0.25) is 0 Å². The molecule has 2 atom stereocenters. The molecule has 43 heavy (non-hydrogen) atoms. The third kappa shape index (κ3) is 7.17. The zero-order chi connectivity index (χ0) is 30.3. The van der Waals surface area contributed by atoms with Gasteiger partial charge in [0.05, 0.1) is 5.56 Å². The Kier molecular flexibility index (Phi) is 9.29. The molecule has 0 aliphatic carbocycles. The lowest BCUT2D eigenvalue weighted by molar-refractivity contribution is -0.139. The first-order chi connectivity index (χ1) is 20.8. The summed E-state index contributed by atoms with van der Waals surface area (Å²) in [5.41, 5.74) is 3.76. The summed E-state index contributed by atoms with van der Waals surface area (Å²) in [6.45, 7) is 4.88. The van der Waals surface area contributed by atoms with Crippen LogP contribution in [-0.2, 0) is 14.4 Å². The summed E-state index contributed by atoms with van der Waals surface area (Å²) in [7, 11) is 0. The van der Waals surface area contributed by atoms with Crippen LogP contribution in [0.25, 0.3) is 12.2 Å². The van der Waals surface area contributed by atoms with E-state index >= 15 is 0 Å². The van der Waals surface area contributed by atoms with Crippen molar-refractivity contribution in [2.45, 2.75) is 51.6 Å². The number of nitrogens with one attached hydrogen (secondary N) is 2. The van der Waals surface area contributed by atoms with Crippen LogP contribution in [0.15, 0.2) is 73.1 Å². The quantitative estimate of drug-likeness (QED) is 0.362. The molecule has 2 N–H and O–H groups in total. The van der Waals surface area contributed by atoms with Gasteiger partial charge in [0.25, 0.3) is 5.91 Å². The summed E-state index contributed by atoms with van der Waals surface area (Å²) in [4.78, 5) is 58.6. The Balaban J connectivity index is 1.13. The second kappa shape index (κ2) is 13.5. The van der Waals surface area contributed by atoms with Crippen molar-refractivity contribution in [3.8, 4) is 0 Å². The summed E-state index contributed by atoms with van der Waals surface area (Å²) in [5, 5.41) is 5.90. The fourth-order valence-corrected chi connectivity index (χ4v) is 5.57. The van der Waals surface area contributed by atoms with Gasteiger partial charge in [-0.05, 0) is 73.2 Å². The van der Waals surface area contributed by atoms with E-state index in [2.05, 4.69) is 15.6 Å². The third-order valence-electron chi connectivity index (χ3n) is 7.88. The van der Waals surface area contributed by atoms with Gasteiger partial charge in [-0.1, -0.05) is 50.3 Å². The van der Waals surface area contributed by atoms with Crippen molar-refractivity contribution in [1.29, 1.82) is 0 Å². The largest absolute Gasteiger partial charge is 0.330 e. The molecule has 0 spiro atoms. The van der Waals surface area contributed by atoms with E-state index in [1.165, 1.54) is 6.20 Å². The Bertz CT molecular complexity index is 1490. The highest BCUT2D eigenvalue weighted by atomic mass is 16.2. The van der Waals surface area contributed by atoms with E-state index in [0.29, 0.717) is 42.9 Å². The minimum atomic E-state index is -0.514. The topological polar surface area (TPSA) is 112 Å². The minimum absolute atomic E-state index is 0.0160. The summed E-state index contributed by atoms with van der Waals surface area (Å²) < 4.78 is 0. The minimum Gasteiger partial charge on any atom is -0.330 e. The number of pyridine rings is 1. The zero-order valence-corrected chi connectivity index (χ0v) is 24.5. The maximum absolute atomic E-state index is 13.0. The maximum Gasteiger partial charge on any atom is 0.256 e. The highest BCUT2D eigenvalue weighted by Gasteiger charge is 2.35. The van der Waals surface area contributed by atoms with Gasteiger partial charge in [0, 0.05) is 42.8 Å². The normalized spacial score (nSPS) is 18.3. The molecule has 2 saturated heterocycles. The zero-order valence-electron chi connectivity index (χ0n) is 24.5. The van der Waals surface area contributed by atoms with Crippen LogP contribution in [0, 0.1) is 5.92 Å². The van der Waals surface area contributed by atoms with Gasteiger partial charge >= 0.3 is 0 Å². The molecule has 0 radical (unpaired) electrons. The Labute approximate surface area is 252 Å². The number of hydrogen-bond donors (Lipinski definition) is 2. The van der Waals surface area contributed by atoms with Gasteiger partial charge in [0.1, 0.15) is 12.1 Å². The van der Waals surface area contributed by atoms with Crippen LogP contribution in [0.4, 0.5) is 11.4 Å². The molecular weight excluding hydrogens is 542 g/mol. The van der Waals surface area contributed by atoms with E-state index in [9.17, 15) is 19.2 Å². The first kappa shape index (κ1) is 29.7. The lowest BCUT2D eigenvalue weighted by Gasteiger charge is -2.25. The van der Waals surface area contributed by atoms with Crippen LogP contribution < -0.4 is 10.6 Å². The van der Waals surface area contributed by atoms with Crippen molar-refractivity contribution in [2.24, 2.45) is 5.92 Å². The number of anilines is 2. The molecule has 4 amide bonds. The second-order valence-electron chi connectivity index (χ2n) is 11.3. The number of aromatic nitrogens is 1. The van der Waals surface area contributed by atoms with Crippen molar-refractivity contribution < 1.29 is 19.2 Å². The second-order valence-corrected chi connectivity index (χ2v) is 11.3. The van der Waals surface area contributed by atoms with Gasteiger partial charge < -0.3 is 20.4 Å². The summed E-state index contributed by atoms with van der Waals surface area (Å²) in [6, 6.07) is 17.6. The summed E-state index contributed by atoms with van der Waals surface area (Å²) in [5.74, 6) is -0.643. The van der Waals surface area contributed by atoms with Crippen molar-refractivity contribution in [3.05, 3.63) is 89.7 Å². The molecule has 9 nitrogen and oxygen atoms in total. The van der Waals surface area contributed by atoms with Crippen molar-refractivity contribution >= 4 is 47.2 Å². The number of rotatable bonds is 8. The molecule has 1 aromatic heterocycles. The highest BCUT2D eigenvalue weighted by molar-refractivity contribution is 6.01. The molecule has 5 rings (SSSR count). The summed E-state index contributed by atoms with van der Waals surface area (Å²) in [6.07, 6.45) is 10.00. The van der Waals surface area contributed by atoms with Gasteiger partial charge in [0.2, 0.25) is 17.7 Å². The van der Waals surface area contributed by atoms with Crippen LogP contribution >= 0.6 is 0 Å². The van der Waals surface area contributed by atoms with E-state index in [4.69, 9.17) is 0 Å². The number of carbonyl (C=O) groups is 4. The number of benzene rings is 2. The molecule has 2 unspecified atom stereocenters. The lowest BCUT2D eigenvalue weighted by atomic mass is 10.1. The molecule has 2 aliphatic rings. The van der Waals surface area contributed by atoms with Gasteiger partial charge in [0.15, 0.2) is 0 Å². The molecule has 2 aromatic carbocycles. The molecular formula is C34H37N5O4. The monoisotopic (exact) mass is 579 g/mol. The number of amides is 4. The standard InChI is InChI=1S/C34H37N5O4/c1-23(2)33(42)38-20-4-7-29(38)31(40)36-27-15-11-24(12-16-27)9-10-25-13-17-28(18-14-25)37-32(41)30-8-5-21-39(30)34(43)26-6-3-19-35-22-26/h3,6,9-19,22-23,29-30H,4-5,7-8,20-21H2,1-2H3,(H,36,40)(H,37,41)/b10-9+. The Morgan fingerprint density at radius 2 is 1.28 bits per heavy atom. The van der Waals surface area contributed by atoms with E-state index < -0.39 is 12.1 Å². The van der Waals surface area contributed by atoms with E-state index in [-0.39, 0.29) is 29.5 Å². The molecule has 0 bridgehead atoms. The van der Waals surface area contributed by atoms with Gasteiger partial charge in [-0.2, -0.15) is 0 Å². The first-order valence-corrected chi connectivity index (χ1v) is 14.8. The SMILES string of the molecule is CC(C)C(=O)N1CCCC1C(=O)Nc1ccc(/C=C/c2ccc(NC(=O)C3CCCN3C(=O)c3cccnc3)cc2)cc1. The first-order valence-electron chi connectivity index (χ1n) is 14.8. The van der Waals surface area contributed by atoms with Crippen LogP contribution in [-0.4, -0.2) is 63.6 Å². The highest BCUT2D eigenvalue weighted by Crippen LogP contribution is 2.24. The molecule has 0 saturated carbocycles. The van der Waals surface area contributed by atoms with E-state index in [0.717, 1.165) is 24.0 Å². The van der Waals surface area contributed by atoms with Crippen molar-refractivity contribution in [1.82, 2.24) is 14.8 Å². The molecule has 3 heterocycles. The van der Waals surface area contributed by atoms with Crippen LogP contribution in [0.3, 0.4) is 0 Å². The van der Waals surface area contributed by atoms with Crippen molar-refractivity contribution in [2.75, 3.05) is 23.7 Å². The predicted molar refractivity (Wildman–Crippen MR) is 167 cm³/mol. The third-order valence-corrected chi connectivity index (χ3v) is 7.88. The predicted octanol–water partition coefficient (Wildman–Crippen LogP) is 5.08. The summed E-state index contributed by atoms with van der Waals surface area (Å²) >= 11 is 0. The lowest BCUT2D eigenvalue weighted by Crippen LogP contribution is -2.44. The van der Waals surface area contributed by atoms with Gasteiger partial charge in [-0.15, -0.1) is 0 Å². The smallest absolute Gasteiger partial charge is 0.256 e. The number of hydrogen-bond acceptors (Lipinski definition) is 5. The molecule has 2 aliphatic heterocycles. The molecule has 222 valence electrons. The number of likely N-dealkylation sites (tertiary alicyclic amines) is 2. The van der Waals surface area contributed by atoms with Crippen LogP contribution in [0.1, 0.15) is 61.0 Å². The Hall–Kier alpha value is -4.79. The maximum atomic E-state index is 13.0.